The molecule has 4 N–H and O–H groups in total. The van der Waals surface area contributed by atoms with Gasteiger partial charge in [0.2, 0.25) is 0 Å². The van der Waals surface area contributed by atoms with E-state index in [1.54, 1.807) is 0 Å². The third kappa shape index (κ3) is 6.38. The summed E-state index contributed by atoms with van der Waals surface area (Å²) in [5.41, 5.74) is 0. The molecular weight excluding hydrogens is 192 g/mol. The van der Waals surface area contributed by atoms with E-state index in [0.29, 0.717) is 0 Å². The van der Waals surface area contributed by atoms with E-state index in [2.05, 4.69) is 0 Å². The normalized spacial score (nSPS) is 14.7. The Morgan fingerprint density at radius 2 is 1.14 bits per heavy atom. The van der Waals surface area contributed by atoms with Crippen molar-refractivity contribution < 1.29 is 30.0 Å². The second kappa shape index (κ2) is 6.33. The van der Waals surface area contributed by atoms with Gasteiger partial charge in [0.25, 0.3) is 0 Å². The minimum absolute atomic E-state index is 0.0733. The standard InChI is InChI=1S/C8H14O6/c9-5(1-3-7(11)12)6(10)2-4-8(13)14/h5-6,9-10H,1-4H2,(H,11,12)(H,13,14). The van der Waals surface area contributed by atoms with E-state index >= 15 is 0 Å². The minimum atomic E-state index is -1.18. The molecule has 0 aliphatic rings. The fourth-order valence-corrected chi connectivity index (χ4v) is 0.927. The van der Waals surface area contributed by atoms with Gasteiger partial charge in [-0.25, -0.2) is 0 Å². The minimum Gasteiger partial charge on any atom is -0.481 e. The molecule has 0 heterocycles. The molecule has 0 aliphatic heterocycles. The van der Waals surface area contributed by atoms with Crippen LogP contribution in [0.1, 0.15) is 25.7 Å². The van der Waals surface area contributed by atoms with Crippen molar-refractivity contribution in [1.82, 2.24) is 0 Å². The second-order valence-electron chi connectivity index (χ2n) is 3.00. The van der Waals surface area contributed by atoms with Crippen molar-refractivity contribution in [2.24, 2.45) is 0 Å². The summed E-state index contributed by atoms with van der Waals surface area (Å²) in [7, 11) is 0. The van der Waals surface area contributed by atoms with Gasteiger partial charge in [0.1, 0.15) is 0 Å². The predicted molar refractivity (Wildman–Crippen MR) is 45.8 cm³/mol. The van der Waals surface area contributed by atoms with Gasteiger partial charge in [0.05, 0.1) is 12.2 Å². The van der Waals surface area contributed by atoms with E-state index in [4.69, 9.17) is 10.2 Å². The smallest absolute Gasteiger partial charge is 0.303 e. The Morgan fingerprint density at radius 3 is 1.36 bits per heavy atom. The first-order valence-corrected chi connectivity index (χ1v) is 4.23. The molecule has 0 aliphatic carbocycles. The molecule has 2 unspecified atom stereocenters. The van der Waals surface area contributed by atoms with Crippen LogP contribution in [0.5, 0.6) is 0 Å². The predicted octanol–water partition coefficient (Wildman–Crippen LogP) is -0.562. The Morgan fingerprint density at radius 1 is 0.857 bits per heavy atom. The van der Waals surface area contributed by atoms with Crippen molar-refractivity contribution in [2.75, 3.05) is 0 Å². The zero-order valence-corrected chi connectivity index (χ0v) is 7.59. The van der Waals surface area contributed by atoms with Crippen molar-refractivity contribution in [3.63, 3.8) is 0 Å². The third-order valence-corrected chi connectivity index (χ3v) is 1.75. The van der Waals surface area contributed by atoms with Crippen LogP contribution in [0.2, 0.25) is 0 Å². The molecule has 0 aromatic rings. The molecule has 2 atom stereocenters. The van der Waals surface area contributed by atoms with Crippen LogP contribution in [0.4, 0.5) is 0 Å². The molecule has 0 saturated heterocycles. The quantitative estimate of drug-likeness (QED) is 0.443. The molecule has 0 radical (unpaired) electrons. The molecule has 0 aromatic heterocycles. The summed E-state index contributed by atoms with van der Waals surface area (Å²) in [6, 6.07) is 0. The van der Waals surface area contributed by atoms with Gasteiger partial charge in [-0.2, -0.15) is 0 Å². The monoisotopic (exact) mass is 206 g/mol. The van der Waals surface area contributed by atoms with Crippen LogP contribution in [0, 0.1) is 0 Å². The van der Waals surface area contributed by atoms with Crippen molar-refractivity contribution in [1.29, 1.82) is 0 Å². The molecule has 0 bridgehead atoms. The summed E-state index contributed by atoms with van der Waals surface area (Å²) in [4.78, 5) is 20.2. The highest BCUT2D eigenvalue weighted by atomic mass is 16.4. The molecule has 0 aromatic carbocycles. The van der Waals surface area contributed by atoms with Crippen LogP contribution < -0.4 is 0 Å². The summed E-state index contributed by atoms with van der Waals surface area (Å²) < 4.78 is 0. The van der Waals surface area contributed by atoms with Crippen LogP contribution in [-0.4, -0.2) is 44.6 Å². The number of hydrogen-bond acceptors (Lipinski definition) is 4. The van der Waals surface area contributed by atoms with E-state index in [9.17, 15) is 19.8 Å². The van der Waals surface area contributed by atoms with Crippen molar-refractivity contribution in [2.45, 2.75) is 37.9 Å². The summed E-state index contributed by atoms with van der Waals surface area (Å²) in [6.45, 7) is 0. The number of aliphatic hydroxyl groups excluding tert-OH is 2. The summed E-state index contributed by atoms with van der Waals surface area (Å²) in [5.74, 6) is -2.12. The van der Waals surface area contributed by atoms with Gasteiger partial charge in [-0.3, -0.25) is 9.59 Å². The fraction of sp³-hybridized carbons (Fsp3) is 0.750. The first-order valence-electron chi connectivity index (χ1n) is 4.23. The highest BCUT2D eigenvalue weighted by molar-refractivity contribution is 5.67. The lowest BCUT2D eigenvalue weighted by Gasteiger charge is -2.15. The van der Waals surface area contributed by atoms with Crippen molar-refractivity contribution >= 4 is 11.9 Å². The molecule has 0 amide bonds. The van der Waals surface area contributed by atoms with Crippen molar-refractivity contribution in [3.05, 3.63) is 0 Å². The molecular formula is C8H14O6. The van der Waals surface area contributed by atoms with Crippen LogP contribution in [0.15, 0.2) is 0 Å². The van der Waals surface area contributed by atoms with Crippen LogP contribution in [-0.2, 0) is 9.59 Å². The van der Waals surface area contributed by atoms with Gasteiger partial charge in [-0.05, 0) is 12.8 Å². The topological polar surface area (TPSA) is 115 Å². The van der Waals surface area contributed by atoms with E-state index in [1.807, 2.05) is 0 Å². The van der Waals surface area contributed by atoms with E-state index in [0.717, 1.165) is 0 Å². The lowest BCUT2D eigenvalue weighted by atomic mass is 10.0. The number of carboxylic acids is 2. The lowest BCUT2D eigenvalue weighted by molar-refractivity contribution is -0.140. The fourth-order valence-electron chi connectivity index (χ4n) is 0.927. The van der Waals surface area contributed by atoms with Gasteiger partial charge in [-0.15, -0.1) is 0 Å². The Balaban J connectivity index is 3.69. The highest BCUT2D eigenvalue weighted by Crippen LogP contribution is 2.08. The lowest BCUT2D eigenvalue weighted by Crippen LogP contribution is -2.27. The maximum absolute atomic E-state index is 10.1. The SMILES string of the molecule is O=C(O)CCC(O)C(O)CCC(=O)O. The van der Waals surface area contributed by atoms with Crippen LogP contribution >= 0.6 is 0 Å². The van der Waals surface area contributed by atoms with Gasteiger partial charge < -0.3 is 20.4 Å². The molecule has 6 nitrogen and oxygen atoms in total. The van der Waals surface area contributed by atoms with Crippen LogP contribution in [0.25, 0.3) is 0 Å². The highest BCUT2D eigenvalue weighted by Gasteiger charge is 2.18. The molecule has 0 rings (SSSR count). The van der Waals surface area contributed by atoms with E-state index in [-0.39, 0.29) is 25.7 Å². The molecule has 6 heteroatoms. The number of hydrogen-bond donors (Lipinski definition) is 4. The number of rotatable bonds is 7. The molecule has 0 saturated carbocycles. The second-order valence-corrected chi connectivity index (χ2v) is 3.00. The van der Waals surface area contributed by atoms with E-state index < -0.39 is 24.1 Å². The molecule has 0 fully saturated rings. The van der Waals surface area contributed by atoms with E-state index in [1.165, 1.54) is 0 Å². The van der Waals surface area contributed by atoms with Gasteiger partial charge in [0, 0.05) is 12.8 Å². The van der Waals surface area contributed by atoms with Gasteiger partial charge >= 0.3 is 11.9 Å². The largest absolute Gasteiger partial charge is 0.481 e. The maximum atomic E-state index is 10.1. The Bertz CT molecular complexity index is 180. The Hall–Kier alpha value is -1.14. The zero-order chi connectivity index (χ0) is 11.1. The summed E-state index contributed by atoms with van der Waals surface area (Å²) >= 11 is 0. The maximum Gasteiger partial charge on any atom is 0.303 e. The summed E-state index contributed by atoms with van der Waals surface area (Å²) in [5, 5.41) is 34.9. The zero-order valence-electron chi connectivity index (χ0n) is 7.59. The average Bonchev–Trinajstić information content (AvgIpc) is 2.09. The van der Waals surface area contributed by atoms with Gasteiger partial charge in [-0.1, -0.05) is 0 Å². The first-order chi connectivity index (χ1) is 6.43. The van der Waals surface area contributed by atoms with Crippen molar-refractivity contribution in [3.8, 4) is 0 Å². The Kier molecular flexibility index (Phi) is 5.82. The Labute approximate surface area is 80.8 Å². The van der Waals surface area contributed by atoms with Gasteiger partial charge in [0.15, 0.2) is 0 Å². The number of aliphatic hydroxyl groups is 2. The summed E-state index contributed by atoms with van der Waals surface area (Å²) in [6.07, 6.45) is -2.99. The molecule has 0 spiro atoms. The number of carbonyl (C=O) groups is 2. The number of carboxylic acid groups (broad SMARTS) is 2. The molecule has 14 heavy (non-hydrogen) atoms. The number of aliphatic carboxylic acids is 2. The average molecular weight is 206 g/mol. The van der Waals surface area contributed by atoms with Crippen LogP contribution in [0.3, 0.4) is 0 Å². The molecule has 82 valence electrons. The third-order valence-electron chi connectivity index (χ3n) is 1.75. The first kappa shape index (κ1) is 12.9.